The molecule has 0 aromatic heterocycles. The Morgan fingerprint density at radius 1 is 0.960 bits per heavy atom. The Hall–Kier alpha value is -2.58. The molecule has 25 heavy (non-hydrogen) atoms. The van der Waals surface area contributed by atoms with Crippen LogP contribution in [0.15, 0.2) is 72.8 Å². The van der Waals surface area contributed by atoms with E-state index in [1.54, 1.807) is 12.1 Å². The fourth-order valence-corrected chi connectivity index (χ4v) is 2.88. The van der Waals surface area contributed by atoms with Gasteiger partial charge in [0.05, 0.1) is 0 Å². The van der Waals surface area contributed by atoms with E-state index in [0.29, 0.717) is 5.75 Å². The fraction of sp³-hybridized carbons (Fsp3) is 0.136. The molecule has 0 saturated heterocycles. The second-order valence-electron chi connectivity index (χ2n) is 5.96. The molecule has 0 radical (unpaired) electrons. The van der Waals surface area contributed by atoms with Crippen LogP contribution in [0.1, 0.15) is 16.7 Å². The van der Waals surface area contributed by atoms with Crippen LogP contribution in [0.5, 0.6) is 5.75 Å². The Bertz CT molecular complexity index is 855. The Morgan fingerprint density at radius 3 is 2.36 bits per heavy atom. The van der Waals surface area contributed by atoms with Gasteiger partial charge in [0.15, 0.2) is 0 Å². The average Bonchev–Trinajstić information content (AvgIpc) is 2.63. The first-order valence-corrected chi connectivity index (χ1v) is 8.69. The van der Waals surface area contributed by atoms with Crippen molar-refractivity contribution in [1.29, 1.82) is 0 Å². The van der Waals surface area contributed by atoms with Crippen LogP contribution in [0, 0.1) is 6.92 Å². The molecule has 0 amide bonds. The van der Waals surface area contributed by atoms with Gasteiger partial charge in [0.1, 0.15) is 11.6 Å². The molecule has 0 fully saturated rings. The number of carbonyl (C=O) groups excluding carboxylic acids is 1. The molecule has 0 heterocycles. The molecule has 0 aliphatic carbocycles. The van der Waals surface area contributed by atoms with Crippen molar-refractivity contribution in [2.75, 3.05) is 5.88 Å². The zero-order valence-electron chi connectivity index (χ0n) is 14.0. The number of esters is 1. The van der Waals surface area contributed by atoms with E-state index in [1.165, 1.54) is 22.3 Å². The minimum absolute atomic E-state index is 0.152. The van der Waals surface area contributed by atoms with Gasteiger partial charge < -0.3 is 4.74 Å². The van der Waals surface area contributed by atoms with Crippen LogP contribution in [0.25, 0.3) is 11.1 Å². The Morgan fingerprint density at radius 2 is 1.68 bits per heavy atom. The molecular formula is C22H19ClO2. The first kappa shape index (κ1) is 17.2. The average molecular weight is 351 g/mol. The van der Waals surface area contributed by atoms with Gasteiger partial charge in [-0.05, 0) is 47.7 Å². The second-order valence-corrected chi connectivity index (χ2v) is 6.22. The van der Waals surface area contributed by atoms with Crippen LogP contribution in [-0.2, 0) is 11.2 Å². The standard InChI is InChI=1S/C22H19ClO2/c1-16-7-12-21(19(13-16)14-17-5-3-2-4-6-17)18-8-10-20(11-9-18)25-22(24)15-23/h2-13H,14-15H2,1H3. The molecular weight excluding hydrogens is 332 g/mol. The minimum atomic E-state index is -0.450. The third-order valence-electron chi connectivity index (χ3n) is 4.00. The van der Waals surface area contributed by atoms with E-state index in [9.17, 15) is 4.79 Å². The van der Waals surface area contributed by atoms with E-state index in [-0.39, 0.29) is 5.88 Å². The first-order chi connectivity index (χ1) is 12.2. The normalized spacial score (nSPS) is 10.5. The SMILES string of the molecule is Cc1ccc(-c2ccc(OC(=O)CCl)cc2)c(Cc2ccccc2)c1. The quantitative estimate of drug-likeness (QED) is 0.350. The van der Waals surface area contributed by atoms with E-state index in [0.717, 1.165) is 12.0 Å². The lowest BCUT2D eigenvalue weighted by Gasteiger charge is -2.12. The largest absolute Gasteiger partial charge is 0.426 e. The highest BCUT2D eigenvalue weighted by atomic mass is 35.5. The van der Waals surface area contributed by atoms with Crippen LogP contribution in [0.4, 0.5) is 0 Å². The number of benzene rings is 3. The number of halogens is 1. The molecule has 0 unspecified atom stereocenters. The predicted octanol–water partition coefficient (Wildman–Crippen LogP) is 5.40. The maximum absolute atomic E-state index is 11.3. The van der Waals surface area contributed by atoms with Gasteiger partial charge >= 0.3 is 5.97 Å². The summed E-state index contributed by atoms with van der Waals surface area (Å²) in [4.78, 5) is 11.3. The summed E-state index contributed by atoms with van der Waals surface area (Å²) in [6, 6.07) is 24.4. The highest BCUT2D eigenvalue weighted by Crippen LogP contribution is 2.28. The highest BCUT2D eigenvalue weighted by Gasteiger charge is 2.08. The molecule has 3 aromatic rings. The van der Waals surface area contributed by atoms with Gasteiger partial charge in [-0.15, -0.1) is 11.6 Å². The molecule has 3 rings (SSSR count). The molecule has 2 nitrogen and oxygen atoms in total. The number of carbonyl (C=O) groups is 1. The number of ether oxygens (including phenoxy) is 1. The van der Waals surface area contributed by atoms with E-state index >= 15 is 0 Å². The molecule has 3 aromatic carbocycles. The van der Waals surface area contributed by atoms with Gasteiger partial charge in [-0.2, -0.15) is 0 Å². The summed E-state index contributed by atoms with van der Waals surface area (Å²) < 4.78 is 5.13. The lowest BCUT2D eigenvalue weighted by atomic mass is 9.93. The van der Waals surface area contributed by atoms with Gasteiger partial charge in [0.25, 0.3) is 0 Å². The monoisotopic (exact) mass is 350 g/mol. The summed E-state index contributed by atoms with van der Waals surface area (Å²) in [5.41, 5.74) is 6.07. The molecule has 0 N–H and O–H groups in total. The lowest BCUT2D eigenvalue weighted by Crippen LogP contribution is -2.08. The summed E-state index contributed by atoms with van der Waals surface area (Å²) in [6.07, 6.45) is 0.876. The number of rotatable bonds is 5. The summed E-state index contributed by atoms with van der Waals surface area (Å²) in [7, 11) is 0. The van der Waals surface area contributed by atoms with Crippen molar-refractivity contribution in [2.24, 2.45) is 0 Å². The molecule has 0 aliphatic heterocycles. The Balaban J connectivity index is 1.90. The first-order valence-electron chi connectivity index (χ1n) is 8.16. The van der Waals surface area contributed by atoms with E-state index < -0.39 is 5.97 Å². The van der Waals surface area contributed by atoms with Crippen molar-refractivity contribution >= 4 is 17.6 Å². The lowest BCUT2D eigenvalue weighted by molar-refractivity contribution is -0.131. The van der Waals surface area contributed by atoms with Gasteiger partial charge in [0, 0.05) is 0 Å². The van der Waals surface area contributed by atoms with Gasteiger partial charge in [-0.3, -0.25) is 4.79 Å². The number of alkyl halides is 1. The Labute approximate surface area is 153 Å². The van der Waals surface area contributed by atoms with Crippen LogP contribution in [0.2, 0.25) is 0 Å². The molecule has 3 heteroatoms. The molecule has 0 bridgehead atoms. The summed E-state index contributed by atoms with van der Waals surface area (Å²) in [5, 5.41) is 0. The van der Waals surface area contributed by atoms with Crippen molar-refractivity contribution in [3.05, 3.63) is 89.5 Å². The second kappa shape index (κ2) is 8.00. The summed E-state index contributed by atoms with van der Waals surface area (Å²) in [6.45, 7) is 2.10. The van der Waals surface area contributed by atoms with Crippen LogP contribution in [0.3, 0.4) is 0 Å². The third kappa shape index (κ3) is 4.49. The smallest absolute Gasteiger partial charge is 0.326 e. The van der Waals surface area contributed by atoms with Crippen LogP contribution >= 0.6 is 11.6 Å². The Kier molecular flexibility index (Phi) is 5.52. The summed E-state index contributed by atoms with van der Waals surface area (Å²) in [5.74, 6) is -0.0957. The van der Waals surface area contributed by atoms with E-state index in [1.807, 2.05) is 18.2 Å². The van der Waals surface area contributed by atoms with Gasteiger partial charge in [-0.25, -0.2) is 0 Å². The van der Waals surface area contributed by atoms with Crippen molar-refractivity contribution < 1.29 is 9.53 Å². The molecule has 0 aliphatic rings. The molecule has 0 spiro atoms. The third-order valence-corrected chi connectivity index (χ3v) is 4.22. The maximum Gasteiger partial charge on any atom is 0.326 e. The molecule has 0 saturated carbocycles. The number of hydrogen-bond donors (Lipinski definition) is 0. The number of aryl methyl sites for hydroxylation is 1. The van der Waals surface area contributed by atoms with Crippen molar-refractivity contribution in [3.63, 3.8) is 0 Å². The van der Waals surface area contributed by atoms with Crippen molar-refractivity contribution in [3.8, 4) is 16.9 Å². The van der Waals surface area contributed by atoms with Crippen LogP contribution < -0.4 is 4.74 Å². The van der Waals surface area contributed by atoms with E-state index in [4.69, 9.17) is 16.3 Å². The van der Waals surface area contributed by atoms with Crippen LogP contribution in [-0.4, -0.2) is 11.8 Å². The minimum Gasteiger partial charge on any atom is -0.426 e. The van der Waals surface area contributed by atoms with Crippen molar-refractivity contribution in [1.82, 2.24) is 0 Å². The topological polar surface area (TPSA) is 26.3 Å². The summed E-state index contributed by atoms with van der Waals surface area (Å²) >= 11 is 5.47. The fourth-order valence-electron chi connectivity index (χ4n) is 2.83. The molecule has 0 atom stereocenters. The zero-order valence-corrected chi connectivity index (χ0v) is 14.8. The number of hydrogen-bond acceptors (Lipinski definition) is 2. The predicted molar refractivity (Wildman–Crippen MR) is 102 cm³/mol. The van der Waals surface area contributed by atoms with Gasteiger partial charge in [-0.1, -0.05) is 66.2 Å². The highest BCUT2D eigenvalue weighted by molar-refractivity contribution is 6.26. The van der Waals surface area contributed by atoms with Crippen molar-refractivity contribution in [2.45, 2.75) is 13.3 Å². The molecule has 126 valence electrons. The van der Waals surface area contributed by atoms with E-state index in [2.05, 4.69) is 49.4 Å². The maximum atomic E-state index is 11.3. The van der Waals surface area contributed by atoms with Gasteiger partial charge in [0.2, 0.25) is 0 Å². The zero-order chi connectivity index (χ0) is 17.6.